The van der Waals surface area contributed by atoms with Crippen LogP contribution < -0.4 is 5.32 Å². The van der Waals surface area contributed by atoms with E-state index < -0.39 is 28.3 Å². The number of terminal acetylenes is 1. The smallest absolute Gasteiger partial charge is 0.311 e. The minimum Gasteiger partial charge on any atom is -0.502 e. The number of nitro benzene ring substituents is 1. The molecule has 1 rings (SSSR count). The molecular formula is C13H14N2O4. The number of nitrogens with one attached hydrogen (secondary N) is 1. The molecule has 0 aliphatic heterocycles. The summed E-state index contributed by atoms with van der Waals surface area (Å²) in [7, 11) is 0. The molecule has 0 radical (unpaired) electrons. The molecule has 1 atom stereocenters. The molecular weight excluding hydrogens is 248 g/mol. The Bertz CT molecular complexity index is 534. The summed E-state index contributed by atoms with van der Waals surface area (Å²) >= 11 is 0. The number of rotatable bonds is 5. The number of hydrogen-bond acceptors (Lipinski definition) is 4. The lowest BCUT2D eigenvalue weighted by Crippen LogP contribution is -2.33. The van der Waals surface area contributed by atoms with Gasteiger partial charge >= 0.3 is 5.69 Å². The van der Waals surface area contributed by atoms with Gasteiger partial charge in [0.2, 0.25) is 5.75 Å². The van der Waals surface area contributed by atoms with Crippen molar-refractivity contribution in [2.45, 2.75) is 25.8 Å². The Balaban J connectivity index is 2.98. The maximum atomic E-state index is 11.9. The summed E-state index contributed by atoms with van der Waals surface area (Å²) in [4.78, 5) is 21.8. The van der Waals surface area contributed by atoms with Crippen LogP contribution in [0.5, 0.6) is 5.75 Å². The van der Waals surface area contributed by atoms with Gasteiger partial charge in [0, 0.05) is 6.07 Å². The fourth-order valence-electron chi connectivity index (χ4n) is 1.58. The largest absolute Gasteiger partial charge is 0.502 e. The predicted molar refractivity (Wildman–Crippen MR) is 69.8 cm³/mol. The Hall–Kier alpha value is -2.55. The van der Waals surface area contributed by atoms with Crippen molar-refractivity contribution in [3.8, 4) is 18.1 Å². The van der Waals surface area contributed by atoms with Crippen LogP contribution in [-0.2, 0) is 0 Å². The van der Waals surface area contributed by atoms with E-state index in [1.165, 1.54) is 12.1 Å². The van der Waals surface area contributed by atoms with Gasteiger partial charge < -0.3 is 10.4 Å². The third kappa shape index (κ3) is 3.45. The van der Waals surface area contributed by atoms with Crippen molar-refractivity contribution in [2.24, 2.45) is 0 Å². The molecule has 0 saturated heterocycles. The molecule has 0 heterocycles. The predicted octanol–water partition coefficient (Wildman–Crippen LogP) is 1.83. The molecule has 1 unspecified atom stereocenters. The highest BCUT2D eigenvalue weighted by molar-refractivity contribution is 5.98. The second-order valence-electron chi connectivity index (χ2n) is 3.91. The molecule has 1 aromatic carbocycles. The summed E-state index contributed by atoms with van der Waals surface area (Å²) in [6, 6.07) is 3.29. The Morgan fingerprint density at radius 2 is 2.32 bits per heavy atom. The second kappa shape index (κ2) is 6.40. The quantitative estimate of drug-likeness (QED) is 0.481. The van der Waals surface area contributed by atoms with Crippen LogP contribution in [0.4, 0.5) is 5.69 Å². The molecule has 1 aromatic rings. The van der Waals surface area contributed by atoms with E-state index in [1.807, 2.05) is 6.92 Å². The van der Waals surface area contributed by atoms with Crippen LogP contribution >= 0.6 is 0 Å². The molecule has 0 saturated carbocycles. The number of carbonyl (C=O) groups excluding carboxylic acids is 1. The second-order valence-corrected chi connectivity index (χ2v) is 3.91. The summed E-state index contributed by atoms with van der Waals surface area (Å²) in [5.74, 6) is 1.13. The lowest BCUT2D eigenvalue weighted by Gasteiger charge is -2.12. The van der Waals surface area contributed by atoms with Gasteiger partial charge in [-0.05, 0) is 12.5 Å². The molecule has 0 fully saturated rings. The van der Waals surface area contributed by atoms with E-state index in [0.29, 0.717) is 6.42 Å². The van der Waals surface area contributed by atoms with Gasteiger partial charge in [0.1, 0.15) is 0 Å². The van der Waals surface area contributed by atoms with E-state index >= 15 is 0 Å². The number of phenolic OH excluding ortho intramolecular Hbond substituents is 1. The molecule has 6 heteroatoms. The highest BCUT2D eigenvalue weighted by atomic mass is 16.6. The number of carbonyl (C=O) groups is 1. The van der Waals surface area contributed by atoms with E-state index in [0.717, 1.165) is 12.5 Å². The molecule has 1 amide bonds. The number of amides is 1. The van der Waals surface area contributed by atoms with Crippen molar-refractivity contribution >= 4 is 11.6 Å². The van der Waals surface area contributed by atoms with Crippen molar-refractivity contribution in [1.29, 1.82) is 0 Å². The van der Waals surface area contributed by atoms with Crippen LogP contribution in [0.15, 0.2) is 18.2 Å². The van der Waals surface area contributed by atoms with Crippen LogP contribution in [0, 0.1) is 22.5 Å². The van der Waals surface area contributed by atoms with E-state index in [4.69, 9.17) is 6.42 Å². The molecule has 2 N–H and O–H groups in total. The maximum Gasteiger partial charge on any atom is 0.311 e. The van der Waals surface area contributed by atoms with Crippen LogP contribution in [-0.4, -0.2) is 22.0 Å². The van der Waals surface area contributed by atoms with Crippen LogP contribution in [0.25, 0.3) is 0 Å². The van der Waals surface area contributed by atoms with Gasteiger partial charge in [-0.15, -0.1) is 6.42 Å². The highest BCUT2D eigenvalue weighted by Gasteiger charge is 2.21. The fraction of sp³-hybridized carbons (Fsp3) is 0.308. The first kappa shape index (κ1) is 14.5. The van der Waals surface area contributed by atoms with Crippen molar-refractivity contribution < 1.29 is 14.8 Å². The molecule has 0 bridgehead atoms. The van der Waals surface area contributed by atoms with Crippen molar-refractivity contribution in [1.82, 2.24) is 5.32 Å². The zero-order valence-electron chi connectivity index (χ0n) is 10.4. The number of nitro groups is 1. The summed E-state index contributed by atoms with van der Waals surface area (Å²) in [5.41, 5.74) is -0.675. The first-order chi connectivity index (χ1) is 9.01. The topological polar surface area (TPSA) is 92.5 Å². The Labute approximate surface area is 110 Å². The zero-order valence-corrected chi connectivity index (χ0v) is 10.4. The molecule has 0 aromatic heterocycles. The third-order valence-corrected chi connectivity index (χ3v) is 2.54. The van der Waals surface area contributed by atoms with Crippen molar-refractivity contribution in [2.75, 3.05) is 0 Å². The summed E-state index contributed by atoms with van der Waals surface area (Å²) in [6.07, 6.45) is 6.65. The zero-order chi connectivity index (χ0) is 14.4. The normalized spacial score (nSPS) is 11.4. The van der Waals surface area contributed by atoms with E-state index in [-0.39, 0.29) is 5.56 Å². The number of phenols is 1. The Morgan fingerprint density at radius 3 is 2.84 bits per heavy atom. The maximum absolute atomic E-state index is 11.9. The molecule has 0 aliphatic carbocycles. The SMILES string of the molecule is C#CC(CCC)NC(=O)c1cccc([N+](=O)[O-])c1O. The van der Waals surface area contributed by atoms with Gasteiger partial charge in [-0.3, -0.25) is 14.9 Å². The van der Waals surface area contributed by atoms with E-state index in [9.17, 15) is 20.0 Å². The van der Waals surface area contributed by atoms with Gasteiger partial charge in [-0.1, -0.05) is 25.3 Å². The molecule has 0 spiro atoms. The summed E-state index contributed by atoms with van der Waals surface area (Å²) < 4.78 is 0. The fourth-order valence-corrected chi connectivity index (χ4v) is 1.58. The third-order valence-electron chi connectivity index (χ3n) is 2.54. The van der Waals surface area contributed by atoms with Gasteiger partial charge in [0.05, 0.1) is 16.5 Å². The number of aromatic hydroxyl groups is 1. The van der Waals surface area contributed by atoms with E-state index in [2.05, 4.69) is 11.2 Å². The van der Waals surface area contributed by atoms with Gasteiger partial charge in [0.25, 0.3) is 5.91 Å². The number of hydrogen-bond donors (Lipinski definition) is 2. The molecule has 100 valence electrons. The lowest BCUT2D eigenvalue weighted by molar-refractivity contribution is -0.385. The minimum absolute atomic E-state index is 0.162. The minimum atomic E-state index is -0.753. The van der Waals surface area contributed by atoms with Crippen molar-refractivity contribution in [3.05, 3.63) is 33.9 Å². The van der Waals surface area contributed by atoms with Crippen LogP contribution in [0.1, 0.15) is 30.1 Å². The molecule has 6 nitrogen and oxygen atoms in total. The van der Waals surface area contributed by atoms with Gasteiger partial charge in [-0.2, -0.15) is 0 Å². The first-order valence-corrected chi connectivity index (χ1v) is 5.74. The number of para-hydroxylation sites is 1. The van der Waals surface area contributed by atoms with Gasteiger partial charge in [-0.25, -0.2) is 0 Å². The standard InChI is InChI=1S/C13H14N2O4/c1-3-6-9(4-2)14-13(17)10-7-5-8-11(12(10)16)15(18)19/h2,5,7-9,16H,3,6H2,1H3,(H,14,17). The van der Waals surface area contributed by atoms with Crippen molar-refractivity contribution in [3.63, 3.8) is 0 Å². The molecule has 19 heavy (non-hydrogen) atoms. The molecule has 0 aliphatic rings. The van der Waals surface area contributed by atoms with Gasteiger partial charge in [0.15, 0.2) is 0 Å². The monoisotopic (exact) mass is 262 g/mol. The summed E-state index contributed by atoms with van der Waals surface area (Å²) in [5, 5.41) is 22.9. The van der Waals surface area contributed by atoms with E-state index in [1.54, 1.807) is 0 Å². The number of nitrogens with zero attached hydrogens (tertiary/aromatic N) is 1. The number of benzene rings is 1. The average Bonchev–Trinajstić information content (AvgIpc) is 2.37. The summed E-state index contributed by atoms with van der Waals surface area (Å²) in [6.45, 7) is 1.92. The lowest BCUT2D eigenvalue weighted by atomic mass is 10.1. The highest BCUT2D eigenvalue weighted by Crippen LogP contribution is 2.29. The van der Waals surface area contributed by atoms with Crippen LogP contribution in [0.3, 0.4) is 0 Å². The average molecular weight is 262 g/mol. The van der Waals surface area contributed by atoms with Crippen LogP contribution in [0.2, 0.25) is 0 Å². The Morgan fingerprint density at radius 1 is 1.63 bits per heavy atom. The Kier molecular flexibility index (Phi) is 4.89. The first-order valence-electron chi connectivity index (χ1n) is 5.74.